The van der Waals surface area contributed by atoms with Crippen LogP contribution in [-0.4, -0.2) is 26.2 Å². The van der Waals surface area contributed by atoms with Crippen LogP contribution in [0.3, 0.4) is 0 Å². The van der Waals surface area contributed by atoms with Crippen LogP contribution in [-0.2, 0) is 18.6 Å². The number of halogens is 1. The number of hydrogen-bond donors (Lipinski definition) is 0. The molecule has 0 aromatic heterocycles. The minimum Gasteiger partial charge on any atom is -0.466 e. The summed E-state index contributed by atoms with van der Waals surface area (Å²) >= 11 is 0. The van der Waals surface area contributed by atoms with Crippen LogP contribution < -0.4 is 0 Å². The zero-order chi connectivity index (χ0) is 11.5. The summed E-state index contributed by atoms with van der Waals surface area (Å²) in [7, 11) is 1.79. The highest BCUT2D eigenvalue weighted by Gasteiger charge is 2.32. The third-order valence-electron chi connectivity index (χ3n) is 2.69. The summed E-state index contributed by atoms with van der Waals surface area (Å²) in [5.41, 5.74) is 0. The summed E-state index contributed by atoms with van der Waals surface area (Å²) in [6.45, 7) is 2.12. The van der Waals surface area contributed by atoms with Gasteiger partial charge in [-0.1, -0.05) is 0 Å². The zero-order valence-corrected chi connectivity index (χ0v) is 10.2. The molecule has 88 valence electrons. The predicted molar refractivity (Wildman–Crippen MR) is 57.2 cm³/mol. The fraction of sp³-hybridized carbons (Fsp3) is 0.889. The number of rotatable bonds is 3. The van der Waals surface area contributed by atoms with Crippen molar-refractivity contribution >= 4 is 25.7 Å². The van der Waals surface area contributed by atoms with Gasteiger partial charge >= 0.3 is 5.97 Å². The highest BCUT2D eigenvalue weighted by atomic mass is 35.7. The first-order valence-electron chi connectivity index (χ1n) is 5.05. The number of hydrogen-bond acceptors (Lipinski definition) is 4. The van der Waals surface area contributed by atoms with Crippen LogP contribution in [0.2, 0.25) is 0 Å². The van der Waals surface area contributed by atoms with Crippen molar-refractivity contribution in [2.45, 2.75) is 37.9 Å². The Morgan fingerprint density at radius 2 is 1.87 bits per heavy atom. The van der Waals surface area contributed by atoms with E-state index < -0.39 is 14.3 Å². The molecule has 0 N–H and O–H groups in total. The van der Waals surface area contributed by atoms with Gasteiger partial charge in [-0.3, -0.25) is 4.79 Å². The lowest BCUT2D eigenvalue weighted by Crippen LogP contribution is -2.28. The maximum Gasteiger partial charge on any atom is 0.308 e. The van der Waals surface area contributed by atoms with Crippen molar-refractivity contribution in [2.75, 3.05) is 6.61 Å². The summed E-state index contributed by atoms with van der Waals surface area (Å²) in [5.74, 6) is -0.373. The first-order chi connectivity index (χ1) is 6.95. The van der Waals surface area contributed by atoms with Crippen LogP contribution in [0.5, 0.6) is 0 Å². The van der Waals surface area contributed by atoms with Crippen LogP contribution in [0.15, 0.2) is 0 Å². The topological polar surface area (TPSA) is 60.4 Å². The van der Waals surface area contributed by atoms with E-state index in [4.69, 9.17) is 15.4 Å². The van der Waals surface area contributed by atoms with Gasteiger partial charge in [-0.15, -0.1) is 0 Å². The van der Waals surface area contributed by atoms with Gasteiger partial charge in [-0.05, 0) is 32.6 Å². The normalized spacial score (nSPS) is 27.3. The molecule has 0 spiro atoms. The Balaban J connectivity index is 2.46. The van der Waals surface area contributed by atoms with E-state index >= 15 is 0 Å². The van der Waals surface area contributed by atoms with Crippen LogP contribution >= 0.6 is 10.7 Å². The number of carbonyl (C=O) groups is 1. The molecule has 1 saturated carbocycles. The van der Waals surface area contributed by atoms with E-state index in [2.05, 4.69) is 0 Å². The predicted octanol–water partition coefficient (Wildman–Crippen LogP) is 1.68. The van der Waals surface area contributed by atoms with Crippen LogP contribution in [0, 0.1) is 5.92 Å². The molecule has 15 heavy (non-hydrogen) atoms. The second-order valence-electron chi connectivity index (χ2n) is 3.70. The molecule has 4 nitrogen and oxygen atoms in total. The molecule has 0 heterocycles. The standard InChI is InChI=1S/C9H15ClO4S/c1-2-14-9(11)7-3-5-8(6-4-7)15(10,12)13/h7-8H,2-6H2,1H3. The Hall–Kier alpha value is -0.290. The van der Waals surface area contributed by atoms with E-state index in [9.17, 15) is 13.2 Å². The van der Waals surface area contributed by atoms with Gasteiger partial charge in [-0.25, -0.2) is 8.42 Å². The first-order valence-corrected chi connectivity index (χ1v) is 7.42. The molecular weight excluding hydrogens is 240 g/mol. The van der Waals surface area contributed by atoms with Gasteiger partial charge < -0.3 is 4.74 Å². The quantitative estimate of drug-likeness (QED) is 0.568. The molecule has 0 unspecified atom stereocenters. The Kier molecular flexibility index (Phi) is 4.40. The minimum atomic E-state index is -3.47. The molecule has 1 rings (SSSR count). The van der Waals surface area contributed by atoms with Gasteiger partial charge in [-0.2, -0.15) is 0 Å². The minimum absolute atomic E-state index is 0.153. The van der Waals surface area contributed by atoms with E-state index in [0.29, 0.717) is 32.3 Å². The molecule has 0 amide bonds. The molecule has 0 aromatic carbocycles. The van der Waals surface area contributed by atoms with Crippen LogP contribution in [0.4, 0.5) is 0 Å². The molecule has 0 aromatic rings. The van der Waals surface area contributed by atoms with Gasteiger partial charge in [0.15, 0.2) is 0 Å². The second-order valence-corrected chi connectivity index (χ2v) is 6.61. The number of esters is 1. The molecule has 1 aliphatic carbocycles. The first kappa shape index (κ1) is 12.8. The summed E-state index contributed by atoms with van der Waals surface area (Å²) < 4.78 is 27.0. The van der Waals surface area contributed by atoms with Crippen molar-refractivity contribution in [1.29, 1.82) is 0 Å². The summed E-state index contributed by atoms with van der Waals surface area (Å²) in [5, 5.41) is -0.496. The van der Waals surface area contributed by atoms with E-state index in [-0.39, 0.29) is 11.9 Å². The molecule has 0 aliphatic heterocycles. The lowest BCUT2D eigenvalue weighted by molar-refractivity contribution is -0.149. The van der Waals surface area contributed by atoms with Gasteiger partial charge in [0, 0.05) is 10.7 Å². The molecule has 6 heteroatoms. The van der Waals surface area contributed by atoms with Crippen LogP contribution in [0.25, 0.3) is 0 Å². The summed E-state index contributed by atoms with van der Waals surface area (Å²) in [6.07, 6.45) is 2.01. The zero-order valence-electron chi connectivity index (χ0n) is 8.61. The highest BCUT2D eigenvalue weighted by Crippen LogP contribution is 2.30. The van der Waals surface area contributed by atoms with Crippen molar-refractivity contribution < 1.29 is 17.9 Å². The second kappa shape index (κ2) is 5.16. The summed E-state index contributed by atoms with van der Waals surface area (Å²) in [6, 6.07) is 0. The van der Waals surface area contributed by atoms with E-state index in [1.165, 1.54) is 0 Å². The van der Waals surface area contributed by atoms with Gasteiger partial charge in [0.25, 0.3) is 0 Å². The SMILES string of the molecule is CCOC(=O)C1CCC(S(=O)(=O)Cl)CC1. The maximum atomic E-state index is 11.3. The third-order valence-corrected chi connectivity index (χ3v) is 4.72. The van der Waals surface area contributed by atoms with Crippen LogP contribution in [0.1, 0.15) is 32.6 Å². The van der Waals surface area contributed by atoms with Gasteiger partial charge in [0.1, 0.15) is 0 Å². The van der Waals surface area contributed by atoms with Gasteiger partial charge in [0.05, 0.1) is 17.8 Å². The molecule has 1 aliphatic rings. The lowest BCUT2D eigenvalue weighted by atomic mass is 9.89. The largest absolute Gasteiger partial charge is 0.466 e. The monoisotopic (exact) mass is 254 g/mol. The molecular formula is C9H15ClO4S. The van der Waals surface area contributed by atoms with Gasteiger partial charge in [0.2, 0.25) is 9.05 Å². The van der Waals surface area contributed by atoms with Crippen molar-refractivity contribution in [3.05, 3.63) is 0 Å². The smallest absolute Gasteiger partial charge is 0.308 e. The Bertz CT molecular complexity index is 317. The van der Waals surface area contributed by atoms with Crippen molar-refractivity contribution in [2.24, 2.45) is 5.92 Å². The third kappa shape index (κ3) is 3.65. The fourth-order valence-electron chi connectivity index (χ4n) is 1.84. The maximum absolute atomic E-state index is 11.3. The van der Waals surface area contributed by atoms with Crippen molar-refractivity contribution in [1.82, 2.24) is 0 Å². The summed E-state index contributed by atoms with van der Waals surface area (Å²) in [4.78, 5) is 11.3. The molecule has 0 radical (unpaired) electrons. The Morgan fingerprint density at radius 3 is 2.27 bits per heavy atom. The Labute approximate surface area is 94.4 Å². The number of ether oxygens (including phenoxy) is 1. The van der Waals surface area contributed by atoms with E-state index in [1.54, 1.807) is 6.92 Å². The molecule has 1 fully saturated rings. The van der Waals surface area contributed by atoms with Crippen molar-refractivity contribution in [3.8, 4) is 0 Å². The highest BCUT2D eigenvalue weighted by molar-refractivity contribution is 8.14. The van der Waals surface area contributed by atoms with E-state index in [0.717, 1.165) is 0 Å². The Morgan fingerprint density at radius 1 is 1.33 bits per heavy atom. The molecule has 0 atom stereocenters. The average molecular weight is 255 g/mol. The molecule has 0 bridgehead atoms. The average Bonchev–Trinajstić information content (AvgIpc) is 2.17. The van der Waals surface area contributed by atoms with Crippen molar-refractivity contribution in [3.63, 3.8) is 0 Å². The fourth-order valence-corrected chi connectivity index (χ4v) is 3.21. The number of carbonyl (C=O) groups excluding carboxylic acids is 1. The van der Waals surface area contributed by atoms with E-state index in [1.807, 2.05) is 0 Å². The molecule has 0 saturated heterocycles. The lowest BCUT2D eigenvalue weighted by Gasteiger charge is -2.24.